The fourth-order valence-corrected chi connectivity index (χ4v) is 3.83. The van der Waals surface area contributed by atoms with Gasteiger partial charge in [0.15, 0.2) is 5.78 Å². The lowest BCUT2D eigenvalue weighted by Crippen LogP contribution is -2.52. The third-order valence-corrected chi connectivity index (χ3v) is 5.52. The Labute approximate surface area is 163 Å². The van der Waals surface area contributed by atoms with Gasteiger partial charge < -0.3 is 9.64 Å². The van der Waals surface area contributed by atoms with Gasteiger partial charge in [-0.1, -0.05) is 35.9 Å². The van der Waals surface area contributed by atoms with Crippen molar-refractivity contribution >= 4 is 29.4 Å². The molecule has 2 heterocycles. The highest BCUT2D eigenvalue weighted by Crippen LogP contribution is 2.39. The van der Waals surface area contributed by atoms with E-state index in [9.17, 15) is 9.59 Å². The van der Waals surface area contributed by atoms with Crippen molar-refractivity contribution in [1.29, 1.82) is 0 Å². The van der Waals surface area contributed by atoms with Crippen LogP contribution in [0.5, 0.6) is 5.75 Å². The minimum atomic E-state index is -0.484. The number of amides is 1. The lowest BCUT2D eigenvalue weighted by Gasteiger charge is -2.43. The van der Waals surface area contributed by atoms with Gasteiger partial charge in [0.1, 0.15) is 11.4 Å². The molecule has 0 atom stereocenters. The first-order chi connectivity index (χ1) is 13.0. The predicted molar refractivity (Wildman–Crippen MR) is 105 cm³/mol. The molecule has 1 amide bonds. The van der Waals surface area contributed by atoms with Crippen molar-refractivity contribution in [2.45, 2.75) is 24.9 Å². The van der Waals surface area contributed by atoms with Crippen molar-refractivity contribution in [3.63, 3.8) is 0 Å². The number of ether oxygens (including phenoxy) is 1. The summed E-state index contributed by atoms with van der Waals surface area (Å²) in [6.45, 7) is 1.17. The number of carbonyl (C=O) groups is 2. The Morgan fingerprint density at radius 2 is 1.78 bits per heavy atom. The van der Waals surface area contributed by atoms with Crippen molar-refractivity contribution in [1.82, 2.24) is 4.90 Å². The smallest absolute Gasteiger partial charge is 0.246 e. The number of hydrogen-bond donors (Lipinski definition) is 0. The van der Waals surface area contributed by atoms with Crippen LogP contribution in [0.3, 0.4) is 0 Å². The maximum atomic E-state index is 12.5. The summed E-state index contributed by atoms with van der Waals surface area (Å²) in [5.41, 5.74) is 1.11. The van der Waals surface area contributed by atoms with Gasteiger partial charge >= 0.3 is 0 Å². The summed E-state index contributed by atoms with van der Waals surface area (Å²) in [5, 5.41) is 0.670. The molecule has 0 saturated carbocycles. The lowest BCUT2D eigenvalue weighted by atomic mass is 9.82. The number of rotatable bonds is 2. The SMILES string of the molecule is O=C1CC2(CCN(C(=O)/C=C/c3ccc(Cl)cc3)CC2)Oc2ccccc21. The first kappa shape index (κ1) is 17.8. The number of ketones is 1. The fourth-order valence-electron chi connectivity index (χ4n) is 3.70. The Morgan fingerprint density at radius 3 is 2.52 bits per heavy atom. The molecule has 0 bridgehead atoms. The Hall–Kier alpha value is -2.59. The van der Waals surface area contributed by atoms with Gasteiger partial charge in [0.25, 0.3) is 0 Å². The minimum Gasteiger partial charge on any atom is -0.486 e. The van der Waals surface area contributed by atoms with E-state index in [0.29, 0.717) is 48.7 Å². The zero-order valence-electron chi connectivity index (χ0n) is 14.9. The van der Waals surface area contributed by atoms with Crippen molar-refractivity contribution in [3.8, 4) is 5.75 Å². The summed E-state index contributed by atoms with van der Waals surface area (Å²) in [5.74, 6) is 0.762. The van der Waals surface area contributed by atoms with E-state index in [1.165, 1.54) is 0 Å². The zero-order valence-corrected chi connectivity index (χ0v) is 15.6. The molecule has 0 radical (unpaired) electrons. The van der Waals surface area contributed by atoms with E-state index in [0.717, 1.165) is 5.56 Å². The Morgan fingerprint density at radius 1 is 1.07 bits per heavy atom. The van der Waals surface area contributed by atoms with E-state index in [1.54, 1.807) is 24.3 Å². The van der Waals surface area contributed by atoms with E-state index in [-0.39, 0.29) is 11.7 Å². The number of carbonyl (C=O) groups excluding carboxylic acids is 2. The first-order valence-electron chi connectivity index (χ1n) is 9.09. The van der Waals surface area contributed by atoms with Crippen LogP contribution in [0.25, 0.3) is 6.08 Å². The maximum Gasteiger partial charge on any atom is 0.246 e. The summed E-state index contributed by atoms with van der Waals surface area (Å²) in [4.78, 5) is 26.8. The molecule has 0 aromatic heterocycles. The van der Waals surface area contributed by atoms with Gasteiger partial charge in [-0.05, 0) is 35.9 Å². The lowest BCUT2D eigenvalue weighted by molar-refractivity contribution is -0.129. The highest BCUT2D eigenvalue weighted by Gasteiger charge is 2.43. The molecule has 2 aliphatic heterocycles. The number of nitrogens with zero attached hydrogens (tertiary/aromatic N) is 1. The topological polar surface area (TPSA) is 46.6 Å². The Balaban J connectivity index is 1.39. The van der Waals surface area contributed by atoms with Crippen LogP contribution in [0, 0.1) is 0 Å². The van der Waals surface area contributed by atoms with Crippen molar-refractivity contribution in [3.05, 3.63) is 70.8 Å². The third-order valence-electron chi connectivity index (χ3n) is 5.27. The molecule has 2 aromatic carbocycles. The summed E-state index contributed by atoms with van der Waals surface area (Å²) in [6, 6.07) is 14.7. The molecule has 0 unspecified atom stereocenters. The van der Waals surface area contributed by atoms with Crippen molar-refractivity contribution in [2.75, 3.05) is 13.1 Å². The highest BCUT2D eigenvalue weighted by atomic mass is 35.5. The van der Waals surface area contributed by atoms with Crippen LogP contribution >= 0.6 is 11.6 Å². The molecule has 2 aromatic rings. The molecule has 1 spiro atoms. The van der Waals surface area contributed by atoms with Crippen LogP contribution in [0.1, 0.15) is 35.2 Å². The van der Waals surface area contributed by atoms with Gasteiger partial charge in [0, 0.05) is 37.0 Å². The van der Waals surface area contributed by atoms with Crippen LogP contribution in [0.4, 0.5) is 0 Å². The minimum absolute atomic E-state index is 0.0256. The van der Waals surface area contributed by atoms with Gasteiger partial charge in [-0.15, -0.1) is 0 Å². The number of benzene rings is 2. The zero-order chi connectivity index (χ0) is 18.9. The standard InChI is InChI=1S/C22H20ClNO3/c23-17-8-5-16(6-9-17)7-10-21(26)24-13-11-22(12-14-24)15-19(25)18-3-1-2-4-20(18)27-22/h1-10H,11-15H2/b10-7+. The Kier molecular flexibility index (Phi) is 4.75. The van der Waals surface area contributed by atoms with Gasteiger partial charge in [0.05, 0.1) is 12.0 Å². The molecule has 4 nitrogen and oxygen atoms in total. The van der Waals surface area contributed by atoms with Crippen molar-refractivity contribution < 1.29 is 14.3 Å². The number of piperidine rings is 1. The van der Waals surface area contributed by atoms with Crippen LogP contribution in [0.15, 0.2) is 54.6 Å². The molecule has 0 N–H and O–H groups in total. The van der Waals surface area contributed by atoms with Crippen LogP contribution in [-0.2, 0) is 4.79 Å². The molecule has 138 valence electrons. The monoisotopic (exact) mass is 381 g/mol. The number of halogens is 1. The molecular formula is C22H20ClNO3. The average molecular weight is 382 g/mol. The number of likely N-dealkylation sites (tertiary alicyclic amines) is 1. The predicted octanol–water partition coefficient (Wildman–Crippen LogP) is 4.38. The largest absolute Gasteiger partial charge is 0.486 e. The summed E-state index contributed by atoms with van der Waals surface area (Å²) >= 11 is 5.87. The number of fused-ring (bicyclic) bond motifs is 1. The molecule has 2 aliphatic rings. The first-order valence-corrected chi connectivity index (χ1v) is 9.46. The molecule has 1 saturated heterocycles. The summed E-state index contributed by atoms with van der Waals surface area (Å²) in [6.07, 6.45) is 5.08. The maximum absolute atomic E-state index is 12.5. The highest BCUT2D eigenvalue weighted by molar-refractivity contribution is 6.30. The molecule has 1 fully saturated rings. The van der Waals surface area contributed by atoms with Crippen LogP contribution in [-0.4, -0.2) is 35.3 Å². The molecule has 27 heavy (non-hydrogen) atoms. The molecular weight excluding hydrogens is 362 g/mol. The van der Waals surface area contributed by atoms with Crippen LogP contribution in [0.2, 0.25) is 5.02 Å². The number of para-hydroxylation sites is 1. The quantitative estimate of drug-likeness (QED) is 0.725. The number of Topliss-reactive ketones (excluding diaryl/α,β-unsaturated/α-hetero) is 1. The second kappa shape index (κ2) is 7.20. The van der Waals surface area contributed by atoms with E-state index < -0.39 is 5.60 Å². The molecule has 4 rings (SSSR count). The Bertz CT molecular complexity index is 896. The van der Waals surface area contributed by atoms with Crippen LogP contribution < -0.4 is 4.74 Å². The normalized spacial score (nSPS) is 18.4. The summed E-state index contributed by atoms with van der Waals surface area (Å²) in [7, 11) is 0. The fraction of sp³-hybridized carbons (Fsp3) is 0.273. The van der Waals surface area contributed by atoms with E-state index in [1.807, 2.05) is 41.3 Å². The van der Waals surface area contributed by atoms with Gasteiger partial charge in [0.2, 0.25) is 5.91 Å². The van der Waals surface area contributed by atoms with E-state index in [2.05, 4.69) is 0 Å². The third kappa shape index (κ3) is 3.76. The van der Waals surface area contributed by atoms with E-state index in [4.69, 9.17) is 16.3 Å². The summed E-state index contributed by atoms with van der Waals surface area (Å²) < 4.78 is 6.21. The average Bonchev–Trinajstić information content (AvgIpc) is 2.68. The van der Waals surface area contributed by atoms with Crippen molar-refractivity contribution in [2.24, 2.45) is 0 Å². The molecule has 5 heteroatoms. The second-order valence-electron chi connectivity index (χ2n) is 7.09. The second-order valence-corrected chi connectivity index (χ2v) is 7.53. The van der Waals surface area contributed by atoms with Gasteiger partial charge in [-0.25, -0.2) is 0 Å². The molecule has 0 aliphatic carbocycles. The van der Waals surface area contributed by atoms with Gasteiger partial charge in [-0.2, -0.15) is 0 Å². The van der Waals surface area contributed by atoms with Gasteiger partial charge in [-0.3, -0.25) is 9.59 Å². The van der Waals surface area contributed by atoms with E-state index >= 15 is 0 Å². The number of hydrogen-bond acceptors (Lipinski definition) is 3.